The van der Waals surface area contributed by atoms with Gasteiger partial charge in [-0.25, -0.2) is 0 Å². The van der Waals surface area contributed by atoms with Crippen LogP contribution in [-0.2, 0) is 19.3 Å². The first-order valence-electron chi connectivity index (χ1n) is 8.02. The SMILES string of the molecule is CCCNC(Cc1ccc(CC)s1)c1ccncc1CC. The Morgan fingerprint density at radius 1 is 1.10 bits per heavy atom. The van der Waals surface area contributed by atoms with Gasteiger partial charge in [0.15, 0.2) is 0 Å². The molecule has 0 bridgehead atoms. The fourth-order valence-corrected chi connectivity index (χ4v) is 3.61. The molecule has 114 valence electrons. The lowest BCUT2D eigenvalue weighted by molar-refractivity contribution is 0.528. The largest absolute Gasteiger partial charge is 0.310 e. The molecular formula is C18H26N2S. The highest BCUT2D eigenvalue weighted by atomic mass is 32.1. The van der Waals surface area contributed by atoms with Crippen molar-refractivity contribution in [2.75, 3.05) is 6.54 Å². The van der Waals surface area contributed by atoms with Gasteiger partial charge in [0.2, 0.25) is 0 Å². The summed E-state index contributed by atoms with van der Waals surface area (Å²) in [5.74, 6) is 0. The summed E-state index contributed by atoms with van der Waals surface area (Å²) < 4.78 is 0. The van der Waals surface area contributed by atoms with Gasteiger partial charge in [0.1, 0.15) is 0 Å². The Hall–Kier alpha value is -1.19. The maximum absolute atomic E-state index is 4.28. The molecule has 21 heavy (non-hydrogen) atoms. The zero-order valence-electron chi connectivity index (χ0n) is 13.4. The van der Waals surface area contributed by atoms with E-state index in [1.54, 1.807) is 0 Å². The Morgan fingerprint density at radius 3 is 2.57 bits per heavy atom. The average molecular weight is 302 g/mol. The molecule has 0 aromatic carbocycles. The number of rotatable bonds is 8. The van der Waals surface area contributed by atoms with Crippen molar-refractivity contribution >= 4 is 11.3 Å². The van der Waals surface area contributed by atoms with Crippen LogP contribution in [0.15, 0.2) is 30.6 Å². The van der Waals surface area contributed by atoms with Crippen LogP contribution in [0.5, 0.6) is 0 Å². The van der Waals surface area contributed by atoms with Crippen molar-refractivity contribution < 1.29 is 0 Å². The third-order valence-corrected chi connectivity index (χ3v) is 5.06. The minimum atomic E-state index is 0.395. The van der Waals surface area contributed by atoms with Crippen LogP contribution < -0.4 is 5.32 Å². The molecule has 0 aliphatic rings. The first-order valence-corrected chi connectivity index (χ1v) is 8.83. The Kier molecular flexibility index (Phi) is 6.40. The van der Waals surface area contributed by atoms with E-state index >= 15 is 0 Å². The number of hydrogen-bond donors (Lipinski definition) is 1. The molecule has 2 rings (SSSR count). The highest BCUT2D eigenvalue weighted by molar-refractivity contribution is 7.11. The van der Waals surface area contributed by atoms with E-state index in [1.165, 1.54) is 20.9 Å². The second kappa shape index (κ2) is 8.30. The molecule has 0 spiro atoms. The fraction of sp³-hybridized carbons (Fsp3) is 0.500. The van der Waals surface area contributed by atoms with Gasteiger partial charge in [-0.15, -0.1) is 11.3 Å². The number of aromatic nitrogens is 1. The van der Waals surface area contributed by atoms with Crippen LogP contribution >= 0.6 is 11.3 Å². The molecule has 1 atom stereocenters. The van der Waals surface area contributed by atoms with E-state index < -0.39 is 0 Å². The predicted octanol–water partition coefficient (Wildman–Crippen LogP) is 4.55. The van der Waals surface area contributed by atoms with Crippen LogP contribution in [0.4, 0.5) is 0 Å². The number of thiophene rings is 1. The number of nitrogens with one attached hydrogen (secondary N) is 1. The van der Waals surface area contributed by atoms with Gasteiger partial charge in [0.25, 0.3) is 0 Å². The molecule has 1 N–H and O–H groups in total. The van der Waals surface area contributed by atoms with Crippen LogP contribution in [0.3, 0.4) is 0 Å². The van der Waals surface area contributed by atoms with E-state index in [2.05, 4.69) is 49.3 Å². The smallest absolute Gasteiger partial charge is 0.0372 e. The number of aryl methyl sites for hydroxylation is 2. The van der Waals surface area contributed by atoms with Crippen molar-refractivity contribution in [2.45, 2.75) is 52.5 Å². The van der Waals surface area contributed by atoms with Gasteiger partial charge in [0, 0.05) is 34.6 Å². The third-order valence-electron chi connectivity index (χ3n) is 3.81. The van der Waals surface area contributed by atoms with E-state index in [4.69, 9.17) is 0 Å². The van der Waals surface area contributed by atoms with Crippen LogP contribution in [0, 0.1) is 0 Å². The molecule has 0 amide bonds. The van der Waals surface area contributed by atoms with Gasteiger partial charge in [-0.1, -0.05) is 20.8 Å². The molecule has 0 aliphatic carbocycles. The highest BCUT2D eigenvalue weighted by Gasteiger charge is 2.15. The highest BCUT2D eigenvalue weighted by Crippen LogP contribution is 2.26. The van der Waals surface area contributed by atoms with Crippen molar-refractivity contribution in [3.05, 3.63) is 51.5 Å². The van der Waals surface area contributed by atoms with Crippen molar-refractivity contribution in [3.63, 3.8) is 0 Å². The van der Waals surface area contributed by atoms with Gasteiger partial charge >= 0.3 is 0 Å². The zero-order chi connectivity index (χ0) is 15.1. The topological polar surface area (TPSA) is 24.9 Å². The predicted molar refractivity (Wildman–Crippen MR) is 92.1 cm³/mol. The average Bonchev–Trinajstić information content (AvgIpc) is 2.99. The first kappa shape index (κ1) is 16.2. The molecule has 2 aromatic heterocycles. The number of pyridine rings is 1. The fourth-order valence-electron chi connectivity index (χ4n) is 2.61. The molecule has 0 fully saturated rings. The van der Waals surface area contributed by atoms with E-state index in [0.717, 1.165) is 32.2 Å². The van der Waals surface area contributed by atoms with Gasteiger partial charge in [-0.2, -0.15) is 0 Å². The quantitative estimate of drug-likeness (QED) is 0.773. The van der Waals surface area contributed by atoms with Crippen molar-refractivity contribution in [1.29, 1.82) is 0 Å². The Balaban J connectivity index is 2.20. The molecule has 2 aromatic rings. The van der Waals surface area contributed by atoms with E-state index in [1.807, 2.05) is 23.7 Å². The number of nitrogens with zero attached hydrogens (tertiary/aromatic N) is 1. The molecule has 2 heterocycles. The molecule has 2 nitrogen and oxygen atoms in total. The Morgan fingerprint density at radius 2 is 1.90 bits per heavy atom. The molecular weight excluding hydrogens is 276 g/mol. The molecule has 3 heteroatoms. The summed E-state index contributed by atoms with van der Waals surface area (Å²) in [6.07, 6.45) is 8.34. The van der Waals surface area contributed by atoms with E-state index in [0.29, 0.717) is 6.04 Å². The zero-order valence-corrected chi connectivity index (χ0v) is 14.2. The van der Waals surface area contributed by atoms with Crippen LogP contribution in [0.25, 0.3) is 0 Å². The van der Waals surface area contributed by atoms with Crippen molar-refractivity contribution in [2.24, 2.45) is 0 Å². The number of hydrogen-bond acceptors (Lipinski definition) is 3. The van der Waals surface area contributed by atoms with Gasteiger partial charge in [-0.3, -0.25) is 4.98 Å². The third kappa shape index (κ3) is 4.39. The van der Waals surface area contributed by atoms with Crippen molar-refractivity contribution in [1.82, 2.24) is 10.3 Å². The van der Waals surface area contributed by atoms with Crippen LogP contribution in [0.1, 0.15) is 54.1 Å². The molecule has 0 aliphatic heterocycles. The monoisotopic (exact) mass is 302 g/mol. The summed E-state index contributed by atoms with van der Waals surface area (Å²) in [6, 6.07) is 7.13. The lowest BCUT2D eigenvalue weighted by atomic mass is 9.97. The summed E-state index contributed by atoms with van der Waals surface area (Å²) in [7, 11) is 0. The summed E-state index contributed by atoms with van der Waals surface area (Å²) in [6.45, 7) is 7.71. The summed E-state index contributed by atoms with van der Waals surface area (Å²) in [4.78, 5) is 7.23. The van der Waals surface area contributed by atoms with Gasteiger partial charge in [0.05, 0.1) is 0 Å². The van der Waals surface area contributed by atoms with Crippen LogP contribution in [-0.4, -0.2) is 11.5 Å². The van der Waals surface area contributed by atoms with Gasteiger partial charge < -0.3 is 5.32 Å². The molecule has 0 saturated carbocycles. The maximum atomic E-state index is 4.28. The van der Waals surface area contributed by atoms with Gasteiger partial charge in [-0.05, 0) is 55.1 Å². The summed E-state index contributed by atoms with van der Waals surface area (Å²) >= 11 is 1.95. The van der Waals surface area contributed by atoms with E-state index in [9.17, 15) is 0 Å². The second-order valence-corrected chi connectivity index (χ2v) is 6.61. The summed E-state index contributed by atoms with van der Waals surface area (Å²) in [5.41, 5.74) is 2.77. The molecule has 0 radical (unpaired) electrons. The second-order valence-electron chi connectivity index (χ2n) is 5.36. The maximum Gasteiger partial charge on any atom is 0.0372 e. The molecule has 1 unspecified atom stereocenters. The minimum Gasteiger partial charge on any atom is -0.310 e. The lowest BCUT2D eigenvalue weighted by Crippen LogP contribution is -2.25. The van der Waals surface area contributed by atoms with E-state index in [-0.39, 0.29) is 0 Å². The lowest BCUT2D eigenvalue weighted by Gasteiger charge is -2.21. The Bertz CT molecular complexity index is 548. The minimum absolute atomic E-state index is 0.395. The van der Waals surface area contributed by atoms with Crippen LogP contribution in [0.2, 0.25) is 0 Å². The van der Waals surface area contributed by atoms with Crippen molar-refractivity contribution in [3.8, 4) is 0 Å². The first-order chi connectivity index (χ1) is 10.3. The normalized spacial score (nSPS) is 12.5. The summed E-state index contributed by atoms with van der Waals surface area (Å²) in [5, 5.41) is 3.72. The Labute approximate surface area is 132 Å². The molecule has 0 saturated heterocycles. The standard InChI is InChI=1S/C18H26N2S/c1-4-10-20-18(12-16-8-7-15(6-3)21-16)17-9-11-19-13-14(17)5-2/h7-9,11,13,18,20H,4-6,10,12H2,1-3H3.